The van der Waals surface area contributed by atoms with Crippen LogP contribution in [-0.4, -0.2) is 22.7 Å². The first kappa shape index (κ1) is 14.7. The molecule has 1 aromatic carbocycles. The minimum absolute atomic E-state index is 0.128. The molecule has 2 atom stereocenters. The third kappa shape index (κ3) is 3.04. The van der Waals surface area contributed by atoms with Crippen LogP contribution in [0, 0.1) is 5.82 Å². The van der Waals surface area contributed by atoms with E-state index in [-0.39, 0.29) is 17.8 Å². The van der Waals surface area contributed by atoms with E-state index in [4.69, 9.17) is 4.52 Å². The van der Waals surface area contributed by atoms with E-state index in [1.807, 2.05) is 0 Å². The van der Waals surface area contributed by atoms with Crippen LogP contribution in [0.1, 0.15) is 39.0 Å². The lowest BCUT2D eigenvalue weighted by molar-refractivity contribution is 0.318. The number of nitrogens with zero attached hydrogens (tertiary/aromatic N) is 2. The zero-order valence-electron chi connectivity index (χ0n) is 12.1. The summed E-state index contributed by atoms with van der Waals surface area (Å²) in [5.74, 6) is 0.648. The van der Waals surface area contributed by atoms with Crippen molar-refractivity contribution >= 4 is 0 Å². The molecule has 0 aliphatic carbocycles. The van der Waals surface area contributed by atoms with Gasteiger partial charge < -0.3 is 9.84 Å². The number of hydrogen-bond acceptors (Lipinski definition) is 4. The molecule has 0 aliphatic heterocycles. The fourth-order valence-electron chi connectivity index (χ4n) is 2.34. The predicted octanol–water partition coefficient (Wildman–Crippen LogP) is 3.37. The molecule has 108 valence electrons. The lowest BCUT2D eigenvalue weighted by atomic mass is 9.98. The van der Waals surface area contributed by atoms with Crippen LogP contribution >= 0.6 is 0 Å². The van der Waals surface area contributed by atoms with Gasteiger partial charge in [-0.05, 0) is 32.0 Å². The van der Waals surface area contributed by atoms with Gasteiger partial charge in [0.25, 0.3) is 0 Å². The third-order valence-corrected chi connectivity index (χ3v) is 3.44. The van der Waals surface area contributed by atoms with Gasteiger partial charge >= 0.3 is 0 Å². The van der Waals surface area contributed by atoms with Crippen molar-refractivity contribution in [1.29, 1.82) is 0 Å². The Hall–Kier alpha value is -1.75. The van der Waals surface area contributed by atoms with E-state index >= 15 is 0 Å². The summed E-state index contributed by atoms with van der Waals surface area (Å²) in [7, 11) is 0. The van der Waals surface area contributed by atoms with Crippen molar-refractivity contribution in [2.75, 3.05) is 6.54 Å². The zero-order valence-corrected chi connectivity index (χ0v) is 12.1. The van der Waals surface area contributed by atoms with Gasteiger partial charge in [-0.3, -0.25) is 0 Å². The summed E-state index contributed by atoms with van der Waals surface area (Å²) in [5.41, 5.74) is 0.369. The topological polar surface area (TPSA) is 51.0 Å². The minimum Gasteiger partial charge on any atom is -0.339 e. The molecular weight excluding hydrogens is 257 g/mol. The largest absolute Gasteiger partial charge is 0.339 e. The summed E-state index contributed by atoms with van der Waals surface area (Å²) in [6.45, 7) is 7.10. The van der Waals surface area contributed by atoms with Crippen molar-refractivity contribution in [2.24, 2.45) is 0 Å². The summed E-state index contributed by atoms with van der Waals surface area (Å²) in [5, 5.41) is 7.26. The summed E-state index contributed by atoms with van der Waals surface area (Å²) < 4.78 is 19.0. The maximum atomic E-state index is 13.7. The average Bonchev–Trinajstić information content (AvgIpc) is 2.90. The number of rotatable bonds is 6. The molecule has 2 rings (SSSR count). The van der Waals surface area contributed by atoms with Crippen LogP contribution in [0.15, 0.2) is 28.8 Å². The number of halogens is 1. The smallest absolute Gasteiger partial charge is 0.231 e. The minimum atomic E-state index is -0.340. The van der Waals surface area contributed by atoms with Crippen molar-refractivity contribution < 1.29 is 8.91 Å². The van der Waals surface area contributed by atoms with E-state index < -0.39 is 0 Å². The second kappa shape index (κ2) is 6.61. The van der Waals surface area contributed by atoms with Gasteiger partial charge in [0, 0.05) is 6.04 Å². The fraction of sp³-hybridized carbons (Fsp3) is 0.467. The standard InChI is InChI=1S/C15H20FN3O/c1-4-11(10(3)17-5-2)15-18-14(19-20-15)12-8-6-7-9-13(12)16/h6-11,17H,4-5H2,1-3H3. The second-order valence-electron chi connectivity index (χ2n) is 4.80. The molecule has 2 unspecified atom stereocenters. The molecule has 0 fully saturated rings. The van der Waals surface area contributed by atoms with E-state index in [2.05, 4.69) is 36.2 Å². The van der Waals surface area contributed by atoms with Crippen LogP contribution in [-0.2, 0) is 0 Å². The Kier molecular flexibility index (Phi) is 4.84. The van der Waals surface area contributed by atoms with Gasteiger partial charge in [0.2, 0.25) is 11.7 Å². The van der Waals surface area contributed by atoms with Gasteiger partial charge in [-0.25, -0.2) is 4.39 Å². The van der Waals surface area contributed by atoms with Crippen molar-refractivity contribution in [3.05, 3.63) is 36.0 Å². The normalized spacial score (nSPS) is 14.2. The number of aromatic nitrogens is 2. The molecule has 0 spiro atoms. The van der Waals surface area contributed by atoms with E-state index in [1.54, 1.807) is 18.2 Å². The molecule has 0 radical (unpaired) electrons. The molecule has 1 aromatic heterocycles. The molecule has 1 heterocycles. The summed E-state index contributed by atoms with van der Waals surface area (Å²) in [6, 6.07) is 6.68. The van der Waals surface area contributed by atoms with Crippen LogP contribution in [0.2, 0.25) is 0 Å². The first-order chi connectivity index (χ1) is 9.67. The van der Waals surface area contributed by atoms with Crippen LogP contribution in [0.25, 0.3) is 11.4 Å². The summed E-state index contributed by atoms with van der Waals surface area (Å²) in [6.07, 6.45) is 0.882. The first-order valence-corrected chi connectivity index (χ1v) is 6.99. The SMILES string of the molecule is CCNC(C)C(CC)c1nc(-c2ccccc2F)no1. The number of likely N-dealkylation sites (N-methyl/N-ethyl adjacent to an activating group) is 1. The van der Waals surface area contributed by atoms with E-state index in [0.717, 1.165) is 13.0 Å². The highest BCUT2D eigenvalue weighted by molar-refractivity contribution is 5.54. The van der Waals surface area contributed by atoms with E-state index in [0.29, 0.717) is 17.3 Å². The molecule has 0 saturated heterocycles. The van der Waals surface area contributed by atoms with E-state index in [1.165, 1.54) is 6.07 Å². The van der Waals surface area contributed by atoms with Gasteiger partial charge in [-0.1, -0.05) is 31.1 Å². The molecule has 0 saturated carbocycles. The van der Waals surface area contributed by atoms with Gasteiger partial charge in [0.15, 0.2) is 0 Å². The Morgan fingerprint density at radius 3 is 2.70 bits per heavy atom. The molecule has 5 heteroatoms. The molecule has 20 heavy (non-hydrogen) atoms. The highest BCUT2D eigenvalue weighted by atomic mass is 19.1. The van der Waals surface area contributed by atoms with Crippen LogP contribution < -0.4 is 5.32 Å². The highest BCUT2D eigenvalue weighted by Crippen LogP contribution is 2.25. The van der Waals surface area contributed by atoms with Crippen molar-refractivity contribution in [1.82, 2.24) is 15.5 Å². The molecule has 2 aromatic rings. The molecule has 4 nitrogen and oxygen atoms in total. The molecule has 0 amide bonds. The number of hydrogen-bond donors (Lipinski definition) is 1. The zero-order chi connectivity index (χ0) is 14.5. The van der Waals surface area contributed by atoms with Crippen LogP contribution in [0.5, 0.6) is 0 Å². The van der Waals surface area contributed by atoms with Crippen molar-refractivity contribution in [3.8, 4) is 11.4 Å². The number of nitrogens with one attached hydrogen (secondary N) is 1. The Balaban J connectivity index is 2.26. The second-order valence-corrected chi connectivity index (χ2v) is 4.80. The molecule has 0 bridgehead atoms. The van der Waals surface area contributed by atoms with Crippen LogP contribution in [0.4, 0.5) is 4.39 Å². The van der Waals surface area contributed by atoms with Gasteiger partial charge in [-0.2, -0.15) is 4.98 Å². The van der Waals surface area contributed by atoms with Crippen LogP contribution in [0.3, 0.4) is 0 Å². The maximum absolute atomic E-state index is 13.7. The Morgan fingerprint density at radius 2 is 2.05 bits per heavy atom. The quantitative estimate of drug-likeness (QED) is 0.879. The molecular formula is C15H20FN3O. The van der Waals surface area contributed by atoms with Crippen molar-refractivity contribution in [3.63, 3.8) is 0 Å². The Morgan fingerprint density at radius 1 is 1.30 bits per heavy atom. The monoisotopic (exact) mass is 277 g/mol. The Labute approximate surface area is 118 Å². The highest BCUT2D eigenvalue weighted by Gasteiger charge is 2.24. The van der Waals surface area contributed by atoms with Crippen molar-refractivity contribution in [2.45, 2.75) is 39.2 Å². The fourth-order valence-corrected chi connectivity index (χ4v) is 2.34. The maximum Gasteiger partial charge on any atom is 0.231 e. The lowest BCUT2D eigenvalue weighted by Gasteiger charge is -2.19. The van der Waals surface area contributed by atoms with Gasteiger partial charge in [0.05, 0.1) is 11.5 Å². The summed E-state index contributed by atoms with van der Waals surface area (Å²) in [4.78, 5) is 4.36. The van der Waals surface area contributed by atoms with Gasteiger partial charge in [0.1, 0.15) is 5.82 Å². The first-order valence-electron chi connectivity index (χ1n) is 6.99. The lowest BCUT2D eigenvalue weighted by Crippen LogP contribution is -2.31. The summed E-state index contributed by atoms with van der Waals surface area (Å²) >= 11 is 0. The third-order valence-electron chi connectivity index (χ3n) is 3.44. The number of benzene rings is 1. The molecule has 1 N–H and O–H groups in total. The molecule has 0 aliphatic rings. The average molecular weight is 277 g/mol. The van der Waals surface area contributed by atoms with E-state index in [9.17, 15) is 4.39 Å². The van der Waals surface area contributed by atoms with Gasteiger partial charge in [-0.15, -0.1) is 0 Å². The Bertz CT molecular complexity index is 556. The predicted molar refractivity (Wildman–Crippen MR) is 75.9 cm³/mol.